The highest BCUT2D eigenvalue weighted by atomic mass is 32.2. The fourth-order valence-electron chi connectivity index (χ4n) is 5.10. The number of nitrogens with zero attached hydrogens (tertiary/aromatic N) is 1. The van der Waals surface area contributed by atoms with E-state index in [9.17, 15) is 22.4 Å². The Hall–Kier alpha value is -4.46. The number of benzene rings is 3. The van der Waals surface area contributed by atoms with E-state index < -0.39 is 40.1 Å². The summed E-state index contributed by atoms with van der Waals surface area (Å²) < 4.78 is 64.0. The number of hydrogen-bond donors (Lipinski definition) is 2. The van der Waals surface area contributed by atoms with Crippen LogP contribution in [0.15, 0.2) is 65.1 Å². The number of nitrogens with two attached hydrogens (primary N) is 1. The molecule has 0 unspecified atom stereocenters. The quantitative estimate of drug-likeness (QED) is 0.244. The van der Waals surface area contributed by atoms with Gasteiger partial charge in [-0.2, -0.15) is 0 Å². The number of carbonyl (C=O) groups excluding carboxylic acids is 2. The number of esters is 1. The zero-order valence-electron chi connectivity index (χ0n) is 25.2. The number of ether oxygens (including phenoxy) is 3. The maximum absolute atomic E-state index is 13.3. The molecule has 5 rings (SSSR count). The van der Waals surface area contributed by atoms with Crippen molar-refractivity contribution in [2.24, 2.45) is 5.73 Å². The smallest absolute Gasteiger partial charge is 0.322 e. The van der Waals surface area contributed by atoms with E-state index in [4.69, 9.17) is 24.4 Å². The van der Waals surface area contributed by atoms with Gasteiger partial charge in [-0.3, -0.25) is 13.9 Å². The Balaban J connectivity index is 1.53. The number of anilines is 1. The van der Waals surface area contributed by atoms with Crippen LogP contribution in [-0.4, -0.2) is 58.9 Å². The lowest BCUT2D eigenvalue weighted by Crippen LogP contribution is -2.40. The molecule has 13 heteroatoms. The molecule has 0 bridgehead atoms. The number of carbonyl (C=O) groups is 2. The van der Waals surface area contributed by atoms with Crippen LogP contribution in [-0.2, 0) is 24.3 Å². The first kappa shape index (κ1) is 31.9. The number of fused-ring (bicyclic) bond motifs is 2. The number of furan rings is 1. The molecule has 1 aromatic heterocycles. The predicted octanol–water partition coefficient (Wildman–Crippen LogP) is 4.90. The van der Waals surface area contributed by atoms with Gasteiger partial charge in [0.1, 0.15) is 47.4 Å². The minimum absolute atomic E-state index is 0.123. The largest absolute Gasteiger partial charge is 0.462 e. The summed E-state index contributed by atoms with van der Waals surface area (Å²) in [6, 6.07) is 14.9. The lowest BCUT2D eigenvalue weighted by Gasteiger charge is -2.25. The standard InChI is InChI=1S/C32H34FN3O8S/c1-5-26(34)32(38)41-17-23-16-36(45(4,39)40)27-15-28-25(14-24(27)18(2)42-23)29(31(37)35-3)30(44-28)19-6-10-21(11-7-19)43-22-12-8-20(33)9-13-22/h6-15,18,23,26H,5,16-17,34H2,1-4H3,(H,35,37)/t18-,23-,26-/m0/s1. The summed E-state index contributed by atoms with van der Waals surface area (Å²) >= 11 is 0. The molecule has 45 heavy (non-hydrogen) atoms. The van der Waals surface area contributed by atoms with E-state index in [2.05, 4.69) is 5.32 Å². The van der Waals surface area contributed by atoms with E-state index in [-0.39, 0.29) is 35.9 Å². The Labute approximate surface area is 260 Å². The average molecular weight is 640 g/mol. The number of sulfonamides is 1. The SMILES string of the molecule is CC[C@H](N)C(=O)OC[C@@H]1CN(S(C)(=O)=O)c2cc3oc(-c4ccc(Oc5ccc(F)cc5)cc4)c(C(=O)NC)c3cc2[C@H](C)O1. The van der Waals surface area contributed by atoms with Crippen LogP contribution in [0, 0.1) is 5.82 Å². The van der Waals surface area contributed by atoms with Crippen molar-refractivity contribution in [1.82, 2.24) is 5.32 Å². The molecule has 238 valence electrons. The van der Waals surface area contributed by atoms with Gasteiger partial charge in [0.25, 0.3) is 5.91 Å². The summed E-state index contributed by atoms with van der Waals surface area (Å²) in [5, 5.41) is 3.11. The number of rotatable bonds is 9. The topological polar surface area (TPSA) is 150 Å². The summed E-state index contributed by atoms with van der Waals surface area (Å²) in [5.74, 6) is -0.167. The zero-order chi connectivity index (χ0) is 32.5. The fraction of sp³-hybridized carbons (Fsp3) is 0.312. The van der Waals surface area contributed by atoms with Crippen molar-refractivity contribution >= 4 is 38.6 Å². The summed E-state index contributed by atoms with van der Waals surface area (Å²) in [5.41, 5.74) is 7.71. The Morgan fingerprint density at radius 3 is 2.36 bits per heavy atom. The zero-order valence-corrected chi connectivity index (χ0v) is 26.0. The Morgan fingerprint density at radius 1 is 1.11 bits per heavy atom. The van der Waals surface area contributed by atoms with Crippen LogP contribution < -0.4 is 20.1 Å². The van der Waals surface area contributed by atoms with Gasteiger partial charge in [-0.25, -0.2) is 12.8 Å². The second kappa shape index (κ2) is 12.9. The Bertz CT molecular complexity index is 1820. The minimum atomic E-state index is -3.82. The molecule has 0 saturated carbocycles. The van der Waals surface area contributed by atoms with Crippen molar-refractivity contribution in [1.29, 1.82) is 0 Å². The van der Waals surface area contributed by atoms with Crippen molar-refractivity contribution in [2.75, 3.05) is 30.8 Å². The molecule has 1 aliphatic heterocycles. The molecule has 4 aromatic rings. The second-order valence-electron chi connectivity index (χ2n) is 10.7. The first-order valence-corrected chi connectivity index (χ1v) is 16.2. The lowest BCUT2D eigenvalue weighted by molar-refractivity contribution is -0.150. The van der Waals surface area contributed by atoms with E-state index in [1.165, 1.54) is 35.6 Å². The second-order valence-corrected chi connectivity index (χ2v) is 12.6. The molecule has 0 aliphatic carbocycles. The first-order chi connectivity index (χ1) is 21.4. The number of hydrogen-bond acceptors (Lipinski definition) is 9. The van der Waals surface area contributed by atoms with Crippen LogP contribution in [0.5, 0.6) is 11.5 Å². The van der Waals surface area contributed by atoms with E-state index >= 15 is 0 Å². The molecule has 0 saturated heterocycles. The van der Waals surface area contributed by atoms with Gasteiger partial charge in [0.2, 0.25) is 10.0 Å². The Kier molecular flexibility index (Phi) is 9.14. The molecule has 2 heterocycles. The van der Waals surface area contributed by atoms with Crippen molar-refractivity contribution < 1.29 is 41.0 Å². The van der Waals surface area contributed by atoms with Crippen molar-refractivity contribution in [3.05, 3.63) is 77.6 Å². The lowest BCUT2D eigenvalue weighted by atomic mass is 10.0. The third-order valence-electron chi connectivity index (χ3n) is 7.48. The molecule has 3 atom stereocenters. The maximum atomic E-state index is 13.3. The van der Waals surface area contributed by atoms with Crippen LogP contribution in [0.4, 0.5) is 10.1 Å². The maximum Gasteiger partial charge on any atom is 0.322 e. The third-order valence-corrected chi connectivity index (χ3v) is 8.63. The van der Waals surface area contributed by atoms with Crippen LogP contribution in [0.25, 0.3) is 22.3 Å². The van der Waals surface area contributed by atoms with E-state index in [0.29, 0.717) is 40.1 Å². The van der Waals surface area contributed by atoms with Crippen molar-refractivity contribution in [2.45, 2.75) is 38.5 Å². The fourth-order valence-corrected chi connectivity index (χ4v) is 6.05. The third kappa shape index (κ3) is 6.80. The van der Waals surface area contributed by atoms with E-state index in [1.54, 1.807) is 50.2 Å². The predicted molar refractivity (Wildman–Crippen MR) is 166 cm³/mol. The number of amides is 1. The van der Waals surface area contributed by atoms with Gasteiger partial charge in [-0.05, 0) is 67.9 Å². The molecular formula is C32H34FN3O8S. The monoisotopic (exact) mass is 639 g/mol. The molecular weight excluding hydrogens is 605 g/mol. The Morgan fingerprint density at radius 2 is 1.76 bits per heavy atom. The molecule has 1 aliphatic rings. The van der Waals surface area contributed by atoms with Gasteiger partial charge in [0.05, 0.1) is 30.2 Å². The summed E-state index contributed by atoms with van der Waals surface area (Å²) in [7, 11) is -2.32. The summed E-state index contributed by atoms with van der Waals surface area (Å²) in [4.78, 5) is 25.4. The molecule has 0 spiro atoms. The van der Waals surface area contributed by atoms with Crippen LogP contribution in [0.3, 0.4) is 0 Å². The number of nitrogens with one attached hydrogen (secondary N) is 1. The van der Waals surface area contributed by atoms with E-state index in [0.717, 1.165) is 6.26 Å². The van der Waals surface area contributed by atoms with Crippen LogP contribution >= 0.6 is 0 Å². The number of halogens is 1. The molecule has 1 amide bonds. The van der Waals surface area contributed by atoms with Crippen LogP contribution in [0.2, 0.25) is 0 Å². The molecule has 3 N–H and O–H groups in total. The average Bonchev–Trinajstić information content (AvgIpc) is 3.32. The summed E-state index contributed by atoms with van der Waals surface area (Å²) in [6.45, 7) is 3.19. The van der Waals surface area contributed by atoms with E-state index in [1.807, 2.05) is 0 Å². The van der Waals surface area contributed by atoms with Gasteiger partial charge < -0.3 is 29.7 Å². The molecule has 11 nitrogen and oxygen atoms in total. The van der Waals surface area contributed by atoms with Crippen molar-refractivity contribution in [3.63, 3.8) is 0 Å². The van der Waals surface area contributed by atoms with Gasteiger partial charge in [-0.15, -0.1) is 0 Å². The van der Waals surface area contributed by atoms with Gasteiger partial charge in [0, 0.05) is 29.6 Å². The van der Waals surface area contributed by atoms with Gasteiger partial charge in [0.15, 0.2) is 0 Å². The van der Waals surface area contributed by atoms with Crippen LogP contribution in [0.1, 0.15) is 42.3 Å². The minimum Gasteiger partial charge on any atom is -0.462 e. The van der Waals surface area contributed by atoms with Crippen molar-refractivity contribution in [3.8, 4) is 22.8 Å². The molecule has 3 aromatic carbocycles. The highest BCUT2D eigenvalue weighted by molar-refractivity contribution is 7.92. The first-order valence-electron chi connectivity index (χ1n) is 14.3. The van der Waals surface area contributed by atoms with Gasteiger partial charge >= 0.3 is 5.97 Å². The molecule has 0 radical (unpaired) electrons. The molecule has 0 fully saturated rings. The summed E-state index contributed by atoms with van der Waals surface area (Å²) in [6.07, 6.45) is 0.0423. The highest BCUT2D eigenvalue weighted by Crippen LogP contribution is 2.42. The van der Waals surface area contributed by atoms with Gasteiger partial charge in [-0.1, -0.05) is 6.92 Å². The normalized spacial score (nSPS) is 17.3. The highest BCUT2D eigenvalue weighted by Gasteiger charge is 2.34.